The summed E-state index contributed by atoms with van der Waals surface area (Å²) in [7, 11) is 0. The molecular formula is C8H13N3OS. The van der Waals surface area contributed by atoms with Crippen molar-refractivity contribution in [2.45, 2.75) is 13.0 Å². The van der Waals surface area contributed by atoms with Crippen molar-refractivity contribution in [3.8, 4) is 0 Å². The van der Waals surface area contributed by atoms with Crippen LogP contribution >= 0.6 is 11.3 Å². The van der Waals surface area contributed by atoms with Gasteiger partial charge in [0.15, 0.2) is 5.13 Å². The minimum atomic E-state index is 0.291. The third-order valence-corrected chi connectivity index (χ3v) is 2.94. The largest absolute Gasteiger partial charge is 0.383 e. The van der Waals surface area contributed by atoms with E-state index in [1.165, 1.54) is 0 Å². The maximum atomic E-state index is 5.56. The summed E-state index contributed by atoms with van der Waals surface area (Å²) in [6.07, 6.45) is 0.291. The summed E-state index contributed by atoms with van der Waals surface area (Å²) in [6.45, 7) is 4.67. The Kier molecular flexibility index (Phi) is 2.37. The van der Waals surface area contributed by atoms with Gasteiger partial charge < -0.3 is 15.4 Å². The Balaban J connectivity index is 2.08. The van der Waals surface area contributed by atoms with Crippen LogP contribution in [-0.2, 0) is 4.74 Å². The first-order valence-electron chi connectivity index (χ1n) is 4.33. The van der Waals surface area contributed by atoms with Crippen LogP contribution in [0.1, 0.15) is 6.92 Å². The zero-order chi connectivity index (χ0) is 9.26. The molecule has 1 aliphatic rings. The molecule has 1 atom stereocenters. The fourth-order valence-electron chi connectivity index (χ4n) is 1.41. The van der Waals surface area contributed by atoms with Crippen molar-refractivity contribution in [1.29, 1.82) is 0 Å². The van der Waals surface area contributed by atoms with Crippen molar-refractivity contribution in [3.63, 3.8) is 0 Å². The number of nitrogens with zero attached hydrogens (tertiary/aromatic N) is 2. The van der Waals surface area contributed by atoms with Gasteiger partial charge in [-0.15, -0.1) is 11.3 Å². The normalized spacial score (nSPS) is 23.5. The maximum absolute atomic E-state index is 5.56. The molecule has 5 heteroatoms. The van der Waals surface area contributed by atoms with E-state index < -0.39 is 0 Å². The Bertz CT molecular complexity index is 289. The second-order valence-corrected chi connectivity index (χ2v) is 4.02. The highest BCUT2D eigenvalue weighted by Gasteiger charge is 2.18. The van der Waals surface area contributed by atoms with Gasteiger partial charge in [-0.25, -0.2) is 4.98 Å². The summed E-state index contributed by atoms with van der Waals surface area (Å²) in [5, 5.41) is 2.88. The molecule has 2 heterocycles. The van der Waals surface area contributed by atoms with Crippen LogP contribution in [0.15, 0.2) is 5.38 Å². The quantitative estimate of drug-likeness (QED) is 0.731. The van der Waals surface area contributed by atoms with Crippen molar-refractivity contribution < 1.29 is 4.74 Å². The van der Waals surface area contributed by atoms with Gasteiger partial charge in [-0.3, -0.25) is 0 Å². The Morgan fingerprint density at radius 1 is 1.77 bits per heavy atom. The van der Waals surface area contributed by atoms with Crippen LogP contribution in [0.3, 0.4) is 0 Å². The highest BCUT2D eigenvalue weighted by atomic mass is 32.1. The van der Waals surface area contributed by atoms with E-state index in [9.17, 15) is 0 Å². The molecule has 0 unspecified atom stereocenters. The summed E-state index contributed by atoms with van der Waals surface area (Å²) >= 11 is 1.59. The highest BCUT2D eigenvalue weighted by Crippen LogP contribution is 2.23. The number of nitrogen functional groups attached to an aromatic ring is 1. The average Bonchev–Trinajstić information content (AvgIpc) is 2.52. The lowest BCUT2D eigenvalue weighted by atomic mass is 10.3. The molecule has 0 saturated carbocycles. The van der Waals surface area contributed by atoms with Gasteiger partial charge in [0.25, 0.3) is 0 Å². The predicted molar refractivity (Wildman–Crippen MR) is 54.2 cm³/mol. The SMILES string of the molecule is C[C@H]1CN(c2nc(N)cs2)CCO1. The van der Waals surface area contributed by atoms with Crippen LogP contribution in [0, 0.1) is 0 Å². The number of nitrogens with two attached hydrogens (primary N) is 1. The van der Waals surface area contributed by atoms with E-state index in [1.54, 1.807) is 11.3 Å². The number of ether oxygens (including phenoxy) is 1. The van der Waals surface area contributed by atoms with Gasteiger partial charge in [-0.05, 0) is 6.92 Å². The number of aromatic nitrogens is 1. The van der Waals surface area contributed by atoms with Crippen LogP contribution < -0.4 is 10.6 Å². The van der Waals surface area contributed by atoms with Gasteiger partial charge in [0.2, 0.25) is 0 Å². The van der Waals surface area contributed by atoms with Crippen molar-refractivity contribution in [1.82, 2.24) is 4.98 Å². The van der Waals surface area contributed by atoms with Crippen LogP contribution in [0.25, 0.3) is 0 Å². The summed E-state index contributed by atoms with van der Waals surface area (Å²) < 4.78 is 5.44. The topological polar surface area (TPSA) is 51.4 Å². The number of rotatable bonds is 1. The van der Waals surface area contributed by atoms with Crippen LogP contribution in [0.5, 0.6) is 0 Å². The molecule has 1 aliphatic heterocycles. The van der Waals surface area contributed by atoms with Gasteiger partial charge in [0, 0.05) is 18.5 Å². The number of anilines is 2. The molecule has 2 rings (SSSR count). The van der Waals surface area contributed by atoms with Gasteiger partial charge in [0.1, 0.15) is 5.82 Å². The fraction of sp³-hybridized carbons (Fsp3) is 0.625. The monoisotopic (exact) mass is 199 g/mol. The van der Waals surface area contributed by atoms with E-state index in [4.69, 9.17) is 10.5 Å². The Morgan fingerprint density at radius 3 is 3.23 bits per heavy atom. The molecule has 2 N–H and O–H groups in total. The van der Waals surface area contributed by atoms with E-state index in [0.717, 1.165) is 24.8 Å². The molecule has 4 nitrogen and oxygen atoms in total. The van der Waals surface area contributed by atoms with Crippen LogP contribution in [0.2, 0.25) is 0 Å². The number of hydrogen-bond acceptors (Lipinski definition) is 5. The van der Waals surface area contributed by atoms with E-state index >= 15 is 0 Å². The number of hydrogen-bond donors (Lipinski definition) is 1. The second kappa shape index (κ2) is 3.51. The predicted octanol–water partition coefficient (Wildman–Crippen LogP) is 0.950. The summed E-state index contributed by atoms with van der Waals surface area (Å²) in [5.41, 5.74) is 5.56. The molecule has 13 heavy (non-hydrogen) atoms. The minimum absolute atomic E-state index is 0.291. The molecular weight excluding hydrogens is 186 g/mol. The molecule has 0 spiro atoms. The van der Waals surface area contributed by atoms with Crippen molar-refractivity contribution in [3.05, 3.63) is 5.38 Å². The Labute approximate surface area is 81.3 Å². The smallest absolute Gasteiger partial charge is 0.187 e. The fourth-order valence-corrected chi connectivity index (χ4v) is 2.17. The Hall–Kier alpha value is -0.810. The maximum Gasteiger partial charge on any atom is 0.187 e. The molecule has 0 aromatic carbocycles. The van der Waals surface area contributed by atoms with Gasteiger partial charge in [-0.2, -0.15) is 0 Å². The third kappa shape index (κ3) is 1.92. The third-order valence-electron chi connectivity index (χ3n) is 2.02. The number of morpholine rings is 1. The molecule has 1 aromatic rings. The molecule has 1 aromatic heterocycles. The molecule has 0 bridgehead atoms. The molecule has 1 saturated heterocycles. The zero-order valence-corrected chi connectivity index (χ0v) is 8.38. The second-order valence-electron chi connectivity index (χ2n) is 3.18. The van der Waals surface area contributed by atoms with Crippen LogP contribution in [-0.4, -0.2) is 30.8 Å². The average molecular weight is 199 g/mol. The molecule has 0 aliphatic carbocycles. The molecule has 0 amide bonds. The minimum Gasteiger partial charge on any atom is -0.383 e. The lowest BCUT2D eigenvalue weighted by Crippen LogP contribution is -2.41. The van der Waals surface area contributed by atoms with E-state index in [1.807, 2.05) is 5.38 Å². The number of thiazole rings is 1. The first-order valence-corrected chi connectivity index (χ1v) is 5.21. The lowest BCUT2D eigenvalue weighted by molar-refractivity contribution is 0.0532. The summed E-state index contributed by atoms with van der Waals surface area (Å²) in [4.78, 5) is 6.45. The molecule has 0 radical (unpaired) electrons. The van der Waals surface area contributed by atoms with Crippen molar-refractivity contribution in [2.24, 2.45) is 0 Å². The van der Waals surface area contributed by atoms with Gasteiger partial charge in [-0.1, -0.05) is 0 Å². The molecule has 1 fully saturated rings. The van der Waals surface area contributed by atoms with E-state index in [0.29, 0.717) is 11.9 Å². The summed E-state index contributed by atoms with van der Waals surface area (Å²) in [6, 6.07) is 0. The van der Waals surface area contributed by atoms with Gasteiger partial charge in [0.05, 0.1) is 12.7 Å². The first kappa shape index (κ1) is 8.77. The van der Waals surface area contributed by atoms with Crippen molar-refractivity contribution >= 4 is 22.3 Å². The standard InChI is InChI=1S/C8H13N3OS/c1-6-4-11(2-3-12-6)8-10-7(9)5-13-8/h5-6H,2-4,9H2,1H3/t6-/m0/s1. The van der Waals surface area contributed by atoms with E-state index in [-0.39, 0.29) is 0 Å². The van der Waals surface area contributed by atoms with Gasteiger partial charge >= 0.3 is 0 Å². The summed E-state index contributed by atoms with van der Waals surface area (Å²) in [5.74, 6) is 0.610. The highest BCUT2D eigenvalue weighted by molar-refractivity contribution is 7.14. The van der Waals surface area contributed by atoms with Crippen LogP contribution in [0.4, 0.5) is 10.9 Å². The molecule has 72 valence electrons. The zero-order valence-electron chi connectivity index (χ0n) is 7.56. The lowest BCUT2D eigenvalue weighted by Gasteiger charge is -2.30. The van der Waals surface area contributed by atoms with E-state index in [2.05, 4.69) is 16.8 Å². The first-order chi connectivity index (χ1) is 6.25. The Morgan fingerprint density at radius 2 is 2.62 bits per heavy atom. The van der Waals surface area contributed by atoms with Crippen molar-refractivity contribution in [2.75, 3.05) is 30.3 Å².